The number of ether oxygens (including phenoxy) is 1. The van der Waals surface area contributed by atoms with E-state index in [1.165, 1.54) is 11.3 Å². The fourth-order valence-electron chi connectivity index (χ4n) is 3.84. The minimum atomic E-state index is -0.0921. The summed E-state index contributed by atoms with van der Waals surface area (Å²) in [6.45, 7) is 0. The number of aryl methyl sites for hydroxylation is 1. The first-order chi connectivity index (χ1) is 12.3. The molecule has 2 aliphatic carbocycles. The molecule has 0 spiro atoms. The maximum absolute atomic E-state index is 12.4. The van der Waals surface area contributed by atoms with E-state index >= 15 is 0 Å². The van der Waals surface area contributed by atoms with Gasteiger partial charge in [-0.05, 0) is 56.2 Å². The molecule has 1 heterocycles. The van der Waals surface area contributed by atoms with Crippen LogP contribution >= 0.6 is 0 Å². The number of hydrogen-bond acceptors (Lipinski definition) is 3. The van der Waals surface area contributed by atoms with Crippen LogP contribution in [-0.4, -0.2) is 34.4 Å². The van der Waals surface area contributed by atoms with Crippen molar-refractivity contribution in [3.05, 3.63) is 47.8 Å². The maximum atomic E-state index is 12.4. The van der Waals surface area contributed by atoms with Crippen molar-refractivity contribution in [2.45, 2.75) is 56.7 Å². The SMILES string of the molecule is O=C(N[C@@H]1CCc2[nH]ncc2C1)N[C@@H]1CCC[C@@H]1Oc1ccccc1. The zero-order valence-electron chi connectivity index (χ0n) is 14.2. The van der Waals surface area contributed by atoms with Crippen molar-refractivity contribution in [1.82, 2.24) is 20.8 Å². The molecule has 1 aromatic heterocycles. The second-order valence-electron chi connectivity index (χ2n) is 6.94. The smallest absolute Gasteiger partial charge is 0.315 e. The Kier molecular flexibility index (Phi) is 4.59. The maximum Gasteiger partial charge on any atom is 0.315 e. The number of para-hydroxylation sites is 1. The molecule has 6 heteroatoms. The summed E-state index contributed by atoms with van der Waals surface area (Å²) in [4.78, 5) is 12.4. The Balaban J connectivity index is 1.30. The van der Waals surface area contributed by atoms with Crippen LogP contribution in [0.2, 0.25) is 0 Å². The zero-order valence-corrected chi connectivity index (χ0v) is 14.2. The number of H-pyrrole nitrogens is 1. The van der Waals surface area contributed by atoms with E-state index < -0.39 is 0 Å². The van der Waals surface area contributed by atoms with Crippen molar-refractivity contribution >= 4 is 6.03 Å². The number of benzene rings is 1. The zero-order chi connectivity index (χ0) is 17.1. The van der Waals surface area contributed by atoms with E-state index in [9.17, 15) is 4.79 Å². The van der Waals surface area contributed by atoms with Crippen LogP contribution < -0.4 is 15.4 Å². The largest absolute Gasteiger partial charge is 0.488 e. The van der Waals surface area contributed by atoms with Gasteiger partial charge in [0.25, 0.3) is 0 Å². The number of aromatic nitrogens is 2. The molecule has 6 nitrogen and oxygen atoms in total. The molecule has 0 saturated heterocycles. The molecule has 4 rings (SSSR count). The van der Waals surface area contributed by atoms with Crippen molar-refractivity contribution in [3.8, 4) is 5.75 Å². The van der Waals surface area contributed by atoms with Crippen LogP contribution in [0, 0.1) is 0 Å². The average Bonchev–Trinajstić information content (AvgIpc) is 3.25. The van der Waals surface area contributed by atoms with Crippen LogP contribution in [0.25, 0.3) is 0 Å². The van der Waals surface area contributed by atoms with Crippen molar-refractivity contribution in [1.29, 1.82) is 0 Å². The first-order valence-corrected chi connectivity index (χ1v) is 9.08. The Morgan fingerprint density at radius 2 is 2.04 bits per heavy atom. The van der Waals surface area contributed by atoms with Crippen LogP contribution in [0.3, 0.4) is 0 Å². The van der Waals surface area contributed by atoms with Crippen LogP contribution in [0.5, 0.6) is 5.75 Å². The monoisotopic (exact) mass is 340 g/mol. The third kappa shape index (κ3) is 3.78. The van der Waals surface area contributed by atoms with Gasteiger partial charge < -0.3 is 15.4 Å². The van der Waals surface area contributed by atoms with E-state index in [0.717, 1.165) is 44.3 Å². The third-order valence-corrected chi connectivity index (χ3v) is 5.15. The number of urea groups is 1. The average molecular weight is 340 g/mol. The fraction of sp³-hybridized carbons (Fsp3) is 0.474. The van der Waals surface area contributed by atoms with E-state index in [-0.39, 0.29) is 24.2 Å². The molecule has 132 valence electrons. The highest BCUT2D eigenvalue weighted by Gasteiger charge is 2.31. The van der Waals surface area contributed by atoms with E-state index in [1.807, 2.05) is 36.5 Å². The fourth-order valence-corrected chi connectivity index (χ4v) is 3.84. The molecule has 0 radical (unpaired) electrons. The Bertz CT molecular complexity index is 715. The Labute approximate surface area is 147 Å². The van der Waals surface area contributed by atoms with Crippen LogP contribution in [-0.2, 0) is 12.8 Å². The molecule has 3 N–H and O–H groups in total. The number of amides is 2. The summed E-state index contributed by atoms with van der Waals surface area (Å²) < 4.78 is 6.06. The van der Waals surface area contributed by atoms with E-state index in [0.29, 0.717) is 0 Å². The third-order valence-electron chi connectivity index (χ3n) is 5.15. The number of aromatic amines is 1. The van der Waals surface area contributed by atoms with Gasteiger partial charge in [-0.15, -0.1) is 0 Å². The van der Waals surface area contributed by atoms with Gasteiger partial charge in [0.2, 0.25) is 0 Å². The lowest BCUT2D eigenvalue weighted by molar-refractivity contribution is 0.171. The Morgan fingerprint density at radius 1 is 1.16 bits per heavy atom. The molecule has 0 bridgehead atoms. The van der Waals surface area contributed by atoms with Gasteiger partial charge in [0.05, 0.1) is 12.2 Å². The number of carbonyl (C=O) groups excluding carboxylic acids is 1. The first kappa shape index (κ1) is 16.0. The summed E-state index contributed by atoms with van der Waals surface area (Å²) in [5, 5.41) is 13.3. The van der Waals surface area contributed by atoms with Crippen molar-refractivity contribution in [3.63, 3.8) is 0 Å². The first-order valence-electron chi connectivity index (χ1n) is 9.08. The van der Waals surface area contributed by atoms with Crippen molar-refractivity contribution < 1.29 is 9.53 Å². The molecule has 2 amide bonds. The van der Waals surface area contributed by atoms with Gasteiger partial charge in [0.1, 0.15) is 11.9 Å². The summed E-state index contributed by atoms with van der Waals surface area (Å²) in [5.41, 5.74) is 2.41. The minimum Gasteiger partial charge on any atom is -0.488 e. The molecule has 1 aromatic carbocycles. The van der Waals surface area contributed by atoms with Gasteiger partial charge in [-0.25, -0.2) is 4.79 Å². The van der Waals surface area contributed by atoms with E-state index in [1.54, 1.807) is 0 Å². The normalized spacial score (nSPS) is 25.2. The number of carbonyl (C=O) groups is 1. The number of nitrogens with zero attached hydrogens (tertiary/aromatic N) is 1. The van der Waals surface area contributed by atoms with Gasteiger partial charge in [-0.3, -0.25) is 5.10 Å². The quantitative estimate of drug-likeness (QED) is 0.800. The molecule has 0 aliphatic heterocycles. The second kappa shape index (κ2) is 7.17. The number of rotatable bonds is 4. The standard InChI is InChI=1S/C19H24N4O2/c24-19(21-14-9-10-16-13(11-14)12-20-23-16)22-17-7-4-8-18(17)25-15-5-2-1-3-6-15/h1-3,5-6,12,14,17-18H,4,7-11H2,(H,20,23)(H2,21,22,24)/t14-,17-,18+/m1/s1. The van der Waals surface area contributed by atoms with Crippen LogP contribution in [0.15, 0.2) is 36.5 Å². The Morgan fingerprint density at radius 3 is 2.92 bits per heavy atom. The number of hydrogen-bond donors (Lipinski definition) is 3. The predicted molar refractivity (Wildman–Crippen MR) is 94.6 cm³/mol. The molecule has 25 heavy (non-hydrogen) atoms. The molecule has 0 unspecified atom stereocenters. The van der Waals surface area contributed by atoms with Crippen molar-refractivity contribution in [2.75, 3.05) is 0 Å². The molecule has 3 atom stereocenters. The minimum absolute atomic E-state index is 0.0417. The van der Waals surface area contributed by atoms with Crippen LogP contribution in [0.4, 0.5) is 4.79 Å². The number of fused-ring (bicyclic) bond motifs is 1. The van der Waals surface area contributed by atoms with E-state index in [2.05, 4.69) is 20.8 Å². The highest BCUT2D eigenvalue weighted by molar-refractivity contribution is 5.74. The molecule has 2 aliphatic rings. The highest BCUT2D eigenvalue weighted by atomic mass is 16.5. The lowest BCUT2D eigenvalue weighted by Crippen LogP contribution is -2.50. The molecule has 1 fully saturated rings. The lowest BCUT2D eigenvalue weighted by atomic mass is 9.94. The topological polar surface area (TPSA) is 79.0 Å². The summed E-state index contributed by atoms with van der Waals surface area (Å²) in [7, 11) is 0. The lowest BCUT2D eigenvalue weighted by Gasteiger charge is -2.26. The summed E-state index contributed by atoms with van der Waals surface area (Å²) in [6.07, 6.45) is 7.63. The molecule has 1 saturated carbocycles. The van der Waals surface area contributed by atoms with Crippen molar-refractivity contribution in [2.24, 2.45) is 0 Å². The van der Waals surface area contributed by atoms with Gasteiger partial charge in [-0.1, -0.05) is 18.2 Å². The summed E-state index contributed by atoms with van der Waals surface area (Å²) in [5.74, 6) is 0.862. The second-order valence-corrected chi connectivity index (χ2v) is 6.94. The predicted octanol–water partition coefficient (Wildman–Crippen LogP) is 2.57. The van der Waals surface area contributed by atoms with Gasteiger partial charge >= 0.3 is 6.03 Å². The molecular weight excluding hydrogens is 316 g/mol. The number of nitrogens with one attached hydrogen (secondary N) is 3. The van der Waals surface area contributed by atoms with Gasteiger partial charge in [0, 0.05) is 11.7 Å². The summed E-state index contributed by atoms with van der Waals surface area (Å²) in [6, 6.07) is 9.96. The van der Waals surface area contributed by atoms with E-state index in [4.69, 9.17) is 4.74 Å². The van der Waals surface area contributed by atoms with Gasteiger partial charge in [0.15, 0.2) is 0 Å². The van der Waals surface area contributed by atoms with Gasteiger partial charge in [-0.2, -0.15) is 5.10 Å². The van der Waals surface area contributed by atoms with Crippen LogP contribution in [0.1, 0.15) is 36.9 Å². The summed E-state index contributed by atoms with van der Waals surface area (Å²) >= 11 is 0. The molecular formula is C19H24N4O2. The molecule has 2 aromatic rings. The highest BCUT2D eigenvalue weighted by Crippen LogP contribution is 2.25. The Hall–Kier alpha value is -2.50.